The molecule has 10 heteroatoms. The first-order valence-electron chi connectivity index (χ1n) is 11.5. The zero-order valence-corrected chi connectivity index (χ0v) is 21.4. The van der Waals surface area contributed by atoms with Crippen molar-refractivity contribution >= 4 is 34.7 Å². The van der Waals surface area contributed by atoms with Crippen LogP contribution < -0.4 is 0 Å². The van der Waals surface area contributed by atoms with Crippen molar-refractivity contribution in [2.45, 2.75) is 38.9 Å². The highest BCUT2D eigenvalue weighted by Gasteiger charge is 2.34. The van der Waals surface area contributed by atoms with Crippen LogP contribution in [-0.2, 0) is 4.79 Å². The lowest BCUT2D eigenvalue weighted by molar-refractivity contribution is -0.126. The molecule has 2 aliphatic heterocycles. The number of nitrogens with zero attached hydrogens (tertiary/aromatic N) is 3. The largest absolute Gasteiger partial charge is 0.439 e. The quantitative estimate of drug-likeness (QED) is 0.508. The third-order valence-electron chi connectivity index (χ3n) is 6.04. The number of carbonyl (C=O) groups excluding carboxylic acids is 1. The van der Waals surface area contributed by atoms with Crippen LogP contribution in [0.25, 0.3) is 16.9 Å². The highest BCUT2D eigenvalue weighted by atomic mass is 35.5. The number of rotatable bonds is 6. The summed E-state index contributed by atoms with van der Waals surface area (Å²) >= 11 is 13.1. The van der Waals surface area contributed by atoms with E-state index in [1.165, 1.54) is 11.0 Å². The van der Waals surface area contributed by atoms with Gasteiger partial charge < -0.3 is 24.4 Å². The van der Waals surface area contributed by atoms with E-state index in [9.17, 15) is 15.0 Å². The number of aromatic nitrogens is 1. The number of hydrogen-bond donors (Lipinski definition) is 2. The number of β-amino-alcohol motifs (C(OH)–C–C–N with tert-alkyl or cyclic N) is 2. The van der Waals surface area contributed by atoms with Gasteiger partial charge in [-0.3, -0.25) is 4.79 Å². The van der Waals surface area contributed by atoms with Gasteiger partial charge in [-0.15, -0.1) is 0 Å². The molecule has 190 valence electrons. The van der Waals surface area contributed by atoms with Crippen LogP contribution in [0.3, 0.4) is 0 Å². The Morgan fingerprint density at radius 3 is 2.58 bits per heavy atom. The molecule has 2 N–H and O–H groups in total. The van der Waals surface area contributed by atoms with Crippen molar-refractivity contribution in [1.29, 1.82) is 0 Å². The van der Waals surface area contributed by atoms with Gasteiger partial charge in [0.05, 0.1) is 12.2 Å². The van der Waals surface area contributed by atoms with E-state index in [0.29, 0.717) is 41.1 Å². The summed E-state index contributed by atoms with van der Waals surface area (Å²) in [6.45, 7) is 7.72. The van der Waals surface area contributed by atoms with Gasteiger partial charge in [0.25, 0.3) is 5.91 Å². The minimum Gasteiger partial charge on any atom is -0.439 e. The van der Waals surface area contributed by atoms with Gasteiger partial charge in [0, 0.05) is 48.6 Å². The fraction of sp³-hybridized carbons (Fsp3) is 0.308. The number of aryl methyl sites for hydroxylation is 1. The third kappa shape index (κ3) is 4.99. The average molecular weight is 534 g/mol. The van der Waals surface area contributed by atoms with Gasteiger partial charge in [-0.1, -0.05) is 55.3 Å². The van der Waals surface area contributed by atoms with Crippen molar-refractivity contribution in [3.63, 3.8) is 0 Å². The number of carbonyl (C=O) groups is 1. The molecule has 36 heavy (non-hydrogen) atoms. The molecule has 1 aromatic heterocycles. The number of allylic oxidation sites excluding steroid dienone is 2. The maximum atomic E-state index is 15.3. The van der Waals surface area contributed by atoms with Gasteiger partial charge in [-0.25, -0.2) is 9.37 Å². The Kier molecular flexibility index (Phi) is 7.70. The minimum atomic E-state index is -0.979. The van der Waals surface area contributed by atoms with Crippen LogP contribution in [0.1, 0.15) is 31.2 Å². The fourth-order valence-corrected chi connectivity index (χ4v) is 4.92. The summed E-state index contributed by atoms with van der Waals surface area (Å²) < 4.78 is 21.0. The summed E-state index contributed by atoms with van der Waals surface area (Å²) in [5, 5.41) is 19.9. The van der Waals surface area contributed by atoms with Gasteiger partial charge >= 0.3 is 0 Å². The molecular weight excluding hydrogens is 508 g/mol. The van der Waals surface area contributed by atoms with Crippen LogP contribution in [0.5, 0.6) is 0 Å². The molecule has 1 aromatic carbocycles. The Bertz CT molecular complexity index is 1290. The molecule has 2 aromatic rings. The van der Waals surface area contributed by atoms with Crippen LogP contribution in [-0.4, -0.2) is 56.2 Å². The monoisotopic (exact) mass is 533 g/mol. The lowest BCUT2D eigenvalue weighted by atomic mass is 9.94. The molecule has 0 bridgehead atoms. The summed E-state index contributed by atoms with van der Waals surface area (Å²) in [7, 11) is 0. The zero-order valence-electron chi connectivity index (χ0n) is 19.8. The molecule has 4 rings (SSSR count). The highest BCUT2D eigenvalue weighted by molar-refractivity contribution is 6.33. The second-order valence-corrected chi connectivity index (χ2v) is 9.37. The molecule has 0 aliphatic carbocycles. The van der Waals surface area contributed by atoms with Crippen molar-refractivity contribution in [3.8, 4) is 11.3 Å². The van der Waals surface area contributed by atoms with E-state index in [1.807, 2.05) is 6.92 Å². The van der Waals surface area contributed by atoms with Gasteiger partial charge in [-0.05, 0) is 30.2 Å². The van der Waals surface area contributed by atoms with Crippen molar-refractivity contribution in [2.75, 3.05) is 13.1 Å². The van der Waals surface area contributed by atoms with E-state index >= 15 is 4.39 Å². The number of amides is 1. The number of halogens is 3. The van der Waals surface area contributed by atoms with Gasteiger partial charge in [0.15, 0.2) is 16.8 Å². The molecule has 0 spiro atoms. The van der Waals surface area contributed by atoms with E-state index < -0.39 is 18.0 Å². The standard InChI is InChI=1S/C26H26Cl2FN3O4/c1-4-6-18(22-17(7-5-8-19(22)29)23-24(27)30-15(3)36-23)25(28)32-10-9-16(11-14(32)2)26(35)31-12-20(33)21(34)13-31/h5,7-11,20-21,33-34H,2,4,6,12-13H2,1,3H3/b25-18+. The molecule has 1 amide bonds. The molecule has 3 heterocycles. The fourth-order valence-electron chi connectivity index (χ4n) is 4.30. The van der Waals surface area contributed by atoms with E-state index in [1.54, 1.807) is 42.3 Å². The van der Waals surface area contributed by atoms with Gasteiger partial charge in [0.1, 0.15) is 11.0 Å². The normalized spacial score (nSPS) is 20.6. The zero-order chi connectivity index (χ0) is 26.1. The topological polar surface area (TPSA) is 90.0 Å². The van der Waals surface area contributed by atoms with Crippen LogP contribution >= 0.6 is 23.2 Å². The summed E-state index contributed by atoms with van der Waals surface area (Å²) in [6, 6.07) is 4.60. The Labute approximate surface area is 218 Å². The molecule has 1 saturated heterocycles. The van der Waals surface area contributed by atoms with Crippen LogP contribution in [0.2, 0.25) is 5.15 Å². The predicted molar refractivity (Wildman–Crippen MR) is 136 cm³/mol. The number of aliphatic hydroxyl groups excluding tert-OH is 2. The second kappa shape index (κ2) is 10.6. The van der Waals surface area contributed by atoms with Crippen molar-refractivity contribution < 1.29 is 23.8 Å². The molecule has 0 saturated carbocycles. The SMILES string of the molecule is C=C1C=C(C(=O)N2CC(O)C(O)C2)C=CN1/C(Cl)=C(\CCC)c1c(F)cccc1-c1oc(C)nc1Cl. The minimum absolute atomic E-state index is 0.0441. The second-order valence-electron chi connectivity index (χ2n) is 8.66. The van der Waals surface area contributed by atoms with Crippen LogP contribution in [0.4, 0.5) is 4.39 Å². The maximum Gasteiger partial charge on any atom is 0.254 e. The lowest BCUT2D eigenvalue weighted by Gasteiger charge is -2.27. The lowest BCUT2D eigenvalue weighted by Crippen LogP contribution is -2.31. The number of hydrogen-bond acceptors (Lipinski definition) is 6. The summed E-state index contributed by atoms with van der Waals surface area (Å²) in [6.07, 6.45) is 3.87. The van der Waals surface area contributed by atoms with E-state index in [0.717, 1.165) is 0 Å². The van der Waals surface area contributed by atoms with Gasteiger partial charge in [-0.2, -0.15) is 0 Å². The third-order valence-corrected chi connectivity index (χ3v) is 6.71. The first-order valence-corrected chi connectivity index (χ1v) is 12.2. The summed E-state index contributed by atoms with van der Waals surface area (Å²) in [5.74, 6) is -0.241. The molecule has 2 aliphatic rings. The van der Waals surface area contributed by atoms with E-state index in [2.05, 4.69) is 11.6 Å². The van der Waals surface area contributed by atoms with Crippen molar-refractivity contribution in [2.24, 2.45) is 0 Å². The Hall–Kier alpha value is -2.91. The molecule has 0 radical (unpaired) electrons. The Balaban J connectivity index is 1.71. The number of benzene rings is 1. The van der Waals surface area contributed by atoms with Crippen molar-refractivity contribution in [3.05, 3.63) is 82.0 Å². The molecule has 2 atom stereocenters. The van der Waals surface area contributed by atoms with E-state index in [4.69, 9.17) is 27.6 Å². The molecule has 2 unspecified atom stereocenters. The Morgan fingerprint density at radius 1 is 1.31 bits per heavy atom. The van der Waals surface area contributed by atoms with E-state index in [-0.39, 0.29) is 40.6 Å². The first-order chi connectivity index (χ1) is 17.1. The molecule has 1 fully saturated rings. The smallest absolute Gasteiger partial charge is 0.254 e. The van der Waals surface area contributed by atoms with Gasteiger partial charge in [0.2, 0.25) is 0 Å². The average Bonchev–Trinajstić information content (AvgIpc) is 3.36. The maximum absolute atomic E-state index is 15.3. The number of likely N-dealkylation sites (tertiary alicyclic amines) is 1. The van der Waals surface area contributed by atoms with Crippen LogP contribution in [0, 0.1) is 12.7 Å². The number of oxazole rings is 1. The Morgan fingerprint density at radius 2 is 2.00 bits per heavy atom. The predicted octanol–water partition coefficient (Wildman–Crippen LogP) is 4.98. The first kappa shape index (κ1) is 26.2. The number of aliphatic hydroxyl groups is 2. The van der Waals surface area contributed by atoms with Crippen LogP contribution in [0.15, 0.2) is 64.0 Å². The van der Waals surface area contributed by atoms with Crippen molar-refractivity contribution in [1.82, 2.24) is 14.8 Å². The summed E-state index contributed by atoms with van der Waals surface area (Å²) in [5.41, 5.74) is 1.90. The molecular formula is C26H26Cl2FN3O4. The summed E-state index contributed by atoms with van der Waals surface area (Å²) in [4.78, 5) is 19.9. The highest BCUT2D eigenvalue weighted by Crippen LogP contribution is 2.41. The molecule has 7 nitrogen and oxygen atoms in total.